The second-order valence-electron chi connectivity index (χ2n) is 4.74. The standard InChI is InChI=1S/C12H19N3O3S/c13-11-9-10(3-4-12(11)16)14-19(17,18)8-7-15-5-1-2-6-15/h3-4,9,14,16H,1-2,5-8,13H2. The second-order valence-corrected chi connectivity index (χ2v) is 6.59. The van der Waals surface area contributed by atoms with Crippen molar-refractivity contribution in [2.75, 3.05) is 35.8 Å². The Labute approximate surface area is 113 Å². The normalized spacial score (nSPS) is 16.6. The monoisotopic (exact) mass is 285 g/mol. The summed E-state index contributed by atoms with van der Waals surface area (Å²) in [6.07, 6.45) is 2.28. The van der Waals surface area contributed by atoms with E-state index in [0.29, 0.717) is 12.2 Å². The van der Waals surface area contributed by atoms with E-state index in [1.54, 1.807) is 0 Å². The molecule has 1 fully saturated rings. The molecule has 0 saturated carbocycles. The van der Waals surface area contributed by atoms with Gasteiger partial charge in [-0.2, -0.15) is 0 Å². The lowest BCUT2D eigenvalue weighted by atomic mass is 10.3. The molecule has 1 aromatic rings. The molecular weight excluding hydrogens is 266 g/mol. The van der Waals surface area contributed by atoms with Crippen molar-refractivity contribution in [1.29, 1.82) is 0 Å². The molecule has 0 spiro atoms. The van der Waals surface area contributed by atoms with Crippen LogP contribution in [0.5, 0.6) is 5.75 Å². The van der Waals surface area contributed by atoms with E-state index in [-0.39, 0.29) is 17.2 Å². The van der Waals surface area contributed by atoms with Gasteiger partial charge in [0.1, 0.15) is 5.75 Å². The fourth-order valence-corrected chi connectivity index (χ4v) is 3.19. The average molecular weight is 285 g/mol. The zero-order valence-corrected chi connectivity index (χ0v) is 11.5. The maximum atomic E-state index is 11.9. The Morgan fingerprint density at radius 3 is 2.63 bits per heavy atom. The van der Waals surface area contributed by atoms with Gasteiger partial charge in [0.15, 0.2) is 0 Å². The molecule has 19 heavy (non-hydrogen) atoms. The lowest BCUT2D eigenvalue weighted by Gasteiger charge is -2.15. The van der Waals surface area contributed by atoms with Crippen molar-refractivity contribution in [1.82, 2.24) is 4.90 Å². The molecule has 6 nitrogen and oxygen atoms in total. The fraction of sp³-hybridized carbons (Fsp3) is 0.500. The third-order valence-electron chi connectivity index (χ3n) is 3.18. The zero-order chi connectivity index (χ0) is 13.9. The summed E-state index contributed by atoms with van der Waals surface area (Å²) < 4.78 is 26.3. The predicted octanol–water partition coefficient (Wildman–Crippen LogP) is 0.812. The van der Waals surface area contributed by atoms with Gasteiger partial charge >= 0.3 is 0 Å². The van der Waals surface area contributed by atoms with E-state index >= 15 is 0 Å². The van der Waals surface area contributed by atoms with Gasteiger partial charge in [0, 0.05) is 6.54 Å². The Morgan fingerprint density at radius 1 is 1.32 bits per heavy atom. The third kappa shape index (κ3) is 4.00. The molecule has 2 rings (SSSR count). The van der Waals surface area contributed by atoms with E-state index in [1.165, 1.54) is 18.2 Å². The largest absolute Gasteiger partial charge is 0.506 e. The molecule has 0 unspecified atom stereocenters. The molecular formula is C12H19N3O3S. The number of hydrogen-bond donors (Lipinski definition) is 3. The molecule has 0 atom stereocenters. The molecule has 0 bridgehead atoms. The Hall–Kier alpha value is -1.47. The van der Waals surface area contributed by atoms with E-state index in [0.717, 1.165) is 25.9 Å². The maximum Gasteiger partial charge on any atom is 0.233 e. The topological polar surface area (TPSA) is 95.7 Å². The Bertz CT molecular complexity index is 539. The van der Waals surface area contributed by atoms with Crippen molar-refractivity contribution < 1.29 is 13.5 Å². The number of phenolic OH excluding ortho intramolecular Hbond substituents is 1. The van der Waals surface area contributed by atoms with Crippen molar-refractivity contribution in [2.45, 2.75) is 12.8 Å². The summed E-state index contributed by atoms with van der Waals surface area (Å²) in [5.74, 6) is 0.00773. The minimum atomic E-state index is -3.38. The summed E-state index contributed by atoms with van der Waals surface area (Å²) in [7, 11) is -3.38. The molecule has 1 heterocycles. The van der Waals surface area contributed by atoms with Gasteiger partial charge in [0.2, 0.25) is 10.0 Å². The molecule has 0 amide bonds. The number of hydrogen-bond acceptors (Lipinski definition) is 5. The highest BCUT2D eigenvalue weighted by molar-refractivity contribution is 7.92. The molecule has 0 aliphatic carbocycles. The van der Waals surface area contributed by atoms with Crippen molar-refractivity contribution in [3.05, 3.63) is 18.2 Å². The van der Waals surface area contributed by atoms with Crippen LogP contribution in [0.25, 0.3) is 0 Å². The SMILES string of the molecule is Nc1cc(NS(=O)(=O)CCN2CCCC2)ccc1O. The summed E-state index contributed by atoms with van der Waals surface area (Å²) in [5, 5.41) is 9.28. The van der Waals surface area contributed by atoms with Crippen molar-refractivity contribution >= 4 is 21.4 Å². The highest BCUT2D eigenvalue weighted by Crippen LogP contribution is 2.23. The van der Waals surface area contributed by atoms with Gasteiger partial charge in [0.25, 0.3) is 0 Å². The van der Waals surface area contributed by atoms with Crippen LogP contribution in [0, 0.1) is 0 Å². The van der Waals surface area contributed by atoms with E-state index in [2.05, 4.69) is 9.62 Å². The minimum Gasteiger partial charge on any atom is -0.506 e. The van der Waals surface area contributed by atoms with Crippen LogP contribution in [0.3, 0.4) is 0 Å². The molecule has 7 heteroatoms. The first kappa shape index (κ1) is 14.0. The van der Waals surface area contributed by atoms with Gasteiger partial charge in [0.05, 0.1) is 17.1 Å². The van der Waals surface area contributed by atoms with Gasteiger partial charge in [-0.3, -0.25) is 4.72 Å². The third-order valence-corrected chi connectivity index (χ3v) is 4.44. The van der Waals surface area contributed by atoms with Gasteiger partial charge in [-0.1, -0.05) is 0 Å². The van der Waals surface area contributed by atoms with Crippen LogP contribution in [0.15, 0.2) is 18.2 Å². The molecule has 4 N–H and O–H groups in total. The van der Waals surface area contributed by atoms with Crippen molar-refractivity contribution in [3.63, 3.8) is 0 Å². The molecule has 0 aromatic heterocycles. The Morgan fingerprint density at radius 2 is 2.00 bits per heavy atom. The first-order valence-corrected chi connectivity index (χ1v) is 7.93. The lowest BCUT2D eigenvalue weighted by molar-refractivity contribution is 0.359. The molecule has 1 aliphatic rings. The number of likely N-dealkylation sites (tertiary alicyclic amines) is 1. The van der Waals surface area contributed by atoms with Crippen molar-refractivity contribution in [3.8, 4) is 5.75 Å². The molecule has 106 valence electrons. The number of nitrogens with two attached hydrogens (primary N) is 1. The quantitative estimate of drug-likeness (QED) is 0.423. The first-order valence-electron chi connectivity index (χ1n) is 6.28. The maximum absolute atomic E-state index is 11.9. The Kier molecular flexibility index (Phi) is 4.16. The summed E-state index contributed by atoms with van der Waals surface area (Å²) >= 11 is 0. The zero-order valence-electron chi connectivity index (χ0n) is 10.7. The van der Waals surface area contributed by atoms with E-state index in [9.17, 15) is 13.5 Å². The van der Waals surface area contributed by atoms with Crippen LogP contribution in [0.2, 0.25) is 0 Å². The predicted molar refractivity (Wildman–Crippen MR) is 75.6 cm³/mol. The summed E-state index contributed by atoms with van der Waals surface area (Å²) in [4.78, 5) is 2.14. The highest BCUT2D eigenvalue weighted by atomic mass is 32.2. The van der Waals surface area contributed by atoms with Crippen LogP contribution in [0.1, 0.15) is 12.8 Å². The van der Waals surface area contributed by atoms with Crippen LogP contribution in [-0.2, 0) is 10.0 Å². The summed E-state index contributed by atoms with van der Waals surface area (Å²) in [6, 6.07) is 4.26. The number of nitrogens with zero attached hydrogens (tertiary/aromatic N) is 1. The van der Waals surface area contributed by atoms with E-state index in [4.69, 9.17) is 5.73 Å². The van der Waals surface area contributed by atoms with E-state index in [1.807, 2.05) is 0 Å². The number of sulfonamides is 1. The van der Waals surface area contributed by atoms with Crippen molar-refractivity contribution in [2.24, 2.45) is 0 Å². The van der Waals surface area contributed by atoms with Gasteiger partial charge in [-0.25, -0.2) is 8.42 Å². The number of nitrogens with one attached hydrogen (secondary N) is 1. The van der Waals surface area contributed by atoms with Crippen LogP contribution in [0.4, 0.5) is 11.4 Å². The van der Waals surface area contributed by atoms with Gasteiger partial charge in [-0.15, -0.1) is 0 Å². The number of nitrogen functional groups attached to an aromatic ring is 1. The van der Waals surface area contributed by atoms with E-state index < -0.39 is 10.0 Å². The Balaban J connectivity index is 1.93. The van der Waals surface area contributed by atoms with Gasteiger partial charge in [-0.05, 0) is 44.1 Å². The first-order chi connectivity index (χ1) is 8.96. The number of benzene rings is 1. The minimum absolute atomic E-state index is 0.0555. The smallest absolute Gasteiger partial charge is 0.233 e. The summed E-state index contributed by atoms with van der Waals surface area (Å²) in [6.45, 7) is 2.49. The number of anilines is 2. The van der Waals surface area contributed by atoms with Crippen LogP contribution < -0.4 is 10.5 Å². The molecule has 1 aromatic carbocycles. The molecule has 0 radical (unpaired) electrons. The number of phenols is 1. The molecule has 1 saturated heterocycles. The summed E-state index contributed by atoms with van der Waals surface area (Å²) in [5.41, 5.74) is 6.04. The second kappa shape index (κ2) is 5.66. The average Bonchev–Trinajstić information content (AvgIpc) is 2.84. The highest BCUT2D eigenvalue weighted by Gasteiger charge is 2.16. The van der Waals surface area contributed by atoms with Gasteiger partial charge < -0.3 is 15.7 Å². The molecule has 1 aliphatic heterocycles. The number of rotatable bonds is 5. The van der Waals surface area contributed by atoms with Crippen LogP contribution in [-0.4, -0.2) is 43.8 Å². The fourth-order valence-electron chi connectivity index (χ4n) is 2.10. The number of aromatic hydroxyl groups is 1. The van der Waals surface area contributed by atoms with Crippen LogP contribution >= 0.6 is 0 Å². The lowest BCUT2D eigenvalue weighted by Crippen LogP contribution is -2.29.